The van der Waals surface area contributed by atoms with Crippen LogP contribution in [0.4, 0.5) is 0 Å². The third-order valence-electron chi connectivity index (χ3n) is 3.46. The number of amides is 1. The van der Waals surface area contributed by atoms with E-state index < -0.39 is 0 Å². The first-order valence-electron chi connectivity index (χ1n) is 7.10. The van der Waals surface area contributed by atoms with Gasteiger partial charge in [0.1, 0.15) is 0 Å². The molecule has 4 nitrogen and oxygen atoms in total. The summed E-state index contributed by atoms with van der Waals surface area (Å²) in [5.74, 6) is -0.0859. The molecule has 1 amide bonds. The zero-order chi connectivity index (χ0) is 15.5. The predicted octanol–water partition coefficient (Wildman–Crippen LogP) is 3.73. The molecule has 0 fully saturated rings. The van der Waals surface area contributed by atoms with Crippen molar-refractivity contribution in [3.63, 3.8) is 0 Å². The van der Waals surface area contributed by atoms with E-state index in [0.717, 1.165) is 16.4 Å². The number of aryl methyl sites for hydroxylation is 1. The lowest BCUT2D eigenvalue weighted by molar-refractivity contribution is 0.0939. The number of nitrogens with zero attached hydrogens (tertiary/aromatic N) is 2. The van der Waals surface area contributed by atoms with Gasteiger partial charge < -0.3 is 9.88 Å². The number of carbonyl (C=O) groups excluding carboxylic acids is 1. The lowest BCUT2D eigenvalue weighted by atomic mass is 10.1. The van der Waals surface area contributed by atoms with Crippen molar-refractivity contribution in [3.8, 4) is 5.69 Å². The highest BCUT2D eigenvalue weighted by molar-refractivity contribution is 7.09. The average Bonchev–Trinajstić information content (AvgIpc) is 3.18. The maximum absolute atomic E-state index is 12.3. The van der Waals surface area contributed by atoms with Gasteiger partial charge in [0, 0.05) is 29.0 Å². The summed E-state index contributed by atoms with van der Waals surface area (Å²) in [4.78, 5) is 16.7. The molecule has 2 aromatic heterocycles. The summed E-state index contributed by atoms with van der Waals surface area (Å²) < 4.78 is 2.00. The van der Waals surface area contributed by atoms with E-state index in [0.29, 0.717) is 5.56 Å². The summed E-state index contributed by atoms with van der Waals surface area (Å²) in [7, 11) is 0. The molecule has 22 heavy (non-hydrogen) atoms. The van der Waals surface area contributed by atoms with Gasteiger partial charge in [-0.3, -0.25) is 4.79 Å². The SMILES string of the molecule is Cc1nc(C(C)NC(=O)c2ccc(-n3cccc3)cc2)cs1. The molecule has 2 heterocycles. The summed E-state index contributed by atoms with van der Waals surface area (Å²) in [5, 5.41) is 5.97. The minimum atomic E-state index is -0.0958. The van der Waals surface area contributed by atoms with Crippen LogP contribution in [-0.2, 0) is 0 Å². The Balaban J connectivity index is 1.70. The van der Waals surface area contributed by atoms with Gasteiger partial charge in [-0.2, -0.15) is 0 Å². The largest absolute Gasteiger partial charge is 0.344 e. The molecule has 5 heteroatoms. The Labute approximate surface area is 133 Å². The normalized spacial score (nSPS) is 12.1. The topological polar surface area (TPSA) is 46.9 Å². The smallest absolute Gasteiger partial charge is 0.251 e. The van der Waals surface area contributed by atoms with Crippen LogP contribution in [0.1, 0.15) is 34.0 Å². The second-order valence-corrected chi connectivity index (χ2v) is 6.19. The molecule has 0 aliphatic heterocycles. The molecule has 112 valence electrons. The Bertz CT molecular complexity index is 760. The van der Waals surface area contributed by atoms with Crippen LogP contribution in [0.15, 0.2) is 54.2 Å². The third-order valence-corrected chi connectivity index (χ3v) is 4.25. The zero-order valence-corrected chi connectivity index (χ0v) is 13.3. The Hall–Kier alpha value is -2.40. The molecule has 1 atom stereocenters. The summed E-state index contributed by atoms with van der Waals surface area (Å²) in [5.41, 5.74) is 2.58. The second kappa shape index (κ2) is 6.15. The van der Waals surface area contributed by atoms with Crippen molar-refractivity contribution in [2.24, 2.45) is 0 Å². The van der Waals surface area contributed by atoms with Crippen LogP contribution in [0.3, 0.4) is 0 Å². The maximum Gasteiger partial charge on any atom is 0.251 e. The van der Waals surface area contributed by atoms with Crippen molar-refractivity contribution in [2.75, 3.05) is 0 Å². The molecule has 3 aromatic rings. The van der Waals surface area contributed by atoms with Crippen LogP contribution >= 0.6 is 11.3 Å². The van der Waals surface area contributed by atoms with Crippen LogP contribution in [0.2, 0.25) is 0 Å². The molecule has 3 rings (SSSR count). The van der Waals surface area contributed by atoms with Crippen LogP contribution in [-0.4, -0.2) is 15.5 Å². The zero-order valence-electron chi connectivity index (χ0n) is 12.5. The molecule has 0 saturated carbocycles. The van der Waals surface area contributed by atoms with E-state index >= 15 is 0 Å². The average molecular weight is 311 g/mol. The van der Waals surface area contributed by atoms with Crippen LogP contribution in [0.5, 0.6) is 0 Å². The first-order valence-corrected chi connectivity index (χ1v) is 7.98. The van der Waals surface area contributed by atoms with Crippen LogP contribution in [0.25, 0.3) is 5.69 Å². The van der Waals surface area contributed by atoms with Gasteiger partial charge in [-0.15, -0.1) is 11.3 Å². The van der Waals surface area contributed by atoms with Crippen molar-refractivity contribution in [1.29, 1.82) is 0 Å². The van der Waals surface area contributed by atoms with Gasteiger partial charge in [0.15, 0.2) is 0 Å². The van der Waals surface area contributed by atoms with Crippen molar-refractivity contribution >= 4 is 17.2 Å². The number of thiazole rings is 1. The standard InChI is InChI=1S/C17H17N3OS/c1-12(16-11-22-13(2)19-16)18-17(21)14-5-7-15(8-6-14)20-9-3-4-10-20/h3-12H,1-2H3,(H,18,21). The molecule has 1 aromatic carbocycles. The molecule has 0 aliphatic carbocycles. The number of aromatic nitrogens is 2. The Morgan fingerprint density at radius 3 is 2.50 bits per heavy atom. The van der Waals surface area contributed by atoms with Crippen molar-refractivity contribution < 1.29 is 4.79 Å². The summed E-state index contributed by atoms with van der Waals surface area (Å²) >= 11 is 1.59. The second-order valence-electron chi connectivity index (χ2n) is 5.12. The fraction of sp³-hybridized carbons (Fsp3) is 0.176. The monoisotopic (exact) mass is 311 g/mol. The minimum absolute atomic E-state index is 0.0859. The number of benzene rings is 1. The molecular formula is C17H17N3OS. The predicted molar refractivity (Wildman–Crippen MR) is 88.5 cm³/mol. The van der Waals surface area contributed by atoms with E-state index in [9.17, 15) is 4.79 Å². The minimum Gasteiger partial charge on any atom is -0.344 e. The molecule has 0 spiro atoms. The highest BCUT2D eigenvalue weighted by Gasteiger charge is 2.13. The lowest BCUT2D eigenvalue weighted by Gasteiger charge is -2.12. The van der Waals surface area contributed by atoms with Crippen LogP contribution in [0, 0.1) is 6.92 Å². The molecule has 0 bridgehead atoms. The Morgan fingerprint density at radius 2 is 1.91 bits per heavy atom. The molecule has 1 unspecified atom stereocenters. The number of nitrogens with one attached hydrogen (secondary N) is 1. The van der Waals surface area contributed by atoms with Gasteiger partial charge in [-0.25, -0.2) is 4.98 Å². The van der Waals surface area contributed by atoms with Gasteiger partial charge in [0.05, 0.1) is 16.7 Å². The summed E-state index contributed by atoms with van der Waals surface area (Å²) in [6.45, 7) is 3.91. The van der Waals surface area contributed by atoms with E-state index in [1.165, 1.54) is 0 Å². The summed E-state index contributed by atoms with van der Waals surface area (Å²) in [6.07, 6.45) is 3.95. The van der Waals surface area contributed by atoms with E-state index in [-0.39, 0.29) is 11.9 Å². The van der Waals surface area contributed by atoms with Gasteiger partial charge in [-0.1, -0.05) is 0 Å². The van der Waals surface area contributed by atoms with E-state index in [1.54, 1.807) is 11.3 Å². The molecule has 0 radical (unpaired) electrons. The molecule has 1 N–H and O–H groups in total. The number of hydrogen-bond acceptors (Lipinski definition) is 3. The summed E-state index contributed by atoms with van der Waals surface area (Å²) in [6, 6.07) is 11.4. The van der Waals surface area contributed by atoms with Gasteiger partial charge in [0.2, 0.25) is 0 Å². The van der Waals surface area contributed by atoms with Crippen molar-refractivity contribution in [3.05, 3.63) is 70.4 Å². The van der Waals surface area contributed by atoms with Crippen molar-refractivity contribution in [1.82, 2.24) is 14.9 Å². The third kappa shape index (κ3) is 3.09. The lowest BCUT2D eigenvalue weighted by Crippen LogP contribution is -2.26. The fourth-order valence-electron chi connectivity index (χ4n) is 2.22. The highest BCUT2D eigenvalue weighted by atomic mass is 32.1. The maximum atomic E-state index is 12.3. The first-order chi connectivity index (χ1) is 10.6. The Kier molecular flexibility index (Phi) is 4.06. The Morgan fingerprint density at radius 1 is 1.23 bits per heavy atom. The number of hydrogen-bond donors (Lipinski definition) is 1. The molecule has 0 aliphatic rings. The number of rotatable bonds is 4. The molecular weight excluding hydrogens is 294 g/mol. The quantitative estimate of drug-likeness (QED) is 0.798. The highest BCUT2D eigenvalue weighted by Crippen LogP contribution is 2.17. The van der Waals surface area contributed by atoms with E-state index in [4.69, 9.17) is 0 Å². The van der Waals surface area contributed by atoms with E-state index in [1.807, 2.05) is 72.6 Å². The fourth-order valence-corrected chi connectivity index (χ4v) is 2.93. The van der Waals surface area contributed by atoms with Crippen molar-refractivity contribution in [2.45, 2.75) is 19.9 Å². The van der Waals surface area contributed by atoms with Crippen LogP contribution < -0.4 is 5.32 Å². The van der Waals surface area contributed by atoms with E-state index in [2.05, 4.69) is 10.3 Å². The van der Waals surface area contributed by atoms with Gasteiger partial charge in [0.25, 0.3) is 5.91 Å². The van der Waals surface area contributed by atoms with Gasteiger partial charge >= 0.3 is 0 Å². The molecule has 0 saturated heterocycles. The number of carbonyl (C=O) groups is 1. The van der Waals surface area contributed by atoms with Gasteiger partial charge in [-0.05, 0) is 50.2 Å². The first kappa shape index (κ1) is 14.5.